The van der Waals surface area contributed by atoms with Crippen LogP contribution in [0.5, 0.6) is 0 Å². The highest BCUT2D eigenvalue weighted by molar-refractivity contribution is 5.83. The van der Waals surface area contributed by atoms with Crippen molar-refractivity contribution in [2.45, 2.75) is 51.0 Å². The Kier molecular flexibility index (Phi) is 4.88. The van der Waals surface area contributed by atoms with Crippen molar-refractivity contribution in [3.05, 3.63) is 12.7 Å². The van der Waals surface area contributed by atoms with Gasteiger partial charge in [0.25, 0.3) is 0 Å². The Hall–Kier alpha value is -0.630. The predicted octanol–water partition coefficient (Wildman–Crippen LogP) is 2.46. The zero-order chi connectivity index (χ0) is 10.4. The Morgan fingerprint density at radius 3 is 2.64 bits per heavy atom. The zero-order valence-corrected chi connectivity index (χ0v) is 8.74. The van der Waals surface area contributed by atoms with Gasteiger partial charge in [-0.25, -0.2) is 0 Å². The van der Waals surface area contributed by atoms with Gasteiger partial charge in [0.2, 0.25) is 0 Å². The summed E-state index contributed by atoms with van der Waals surface area (Å²) in [4.78, 5) is 11.5. The maximum atomic E-state index is 11.5. The molecular weight excluding hydrogens is 176 g/mol. The largest absolute Gasteiger partial charge is 0.385 e. The third kappa shape index (κ3) is 3.26. The molecule has 1 fully saturated rings. The molecule has 0 saturated heterocycles. The van der Waals surface area contributed by atoms with Crippen LogP contribution in [0, 0.1) is 5.92 Å². The Morgan fingerprint density at radius 1 is 1.43 bits per heavy atom. The Morgan fingerprint density at radius 2 is 2.07 bits per heavy atom. The summed E-state index contributed by atoms with van der Waals surface area (Å²) in [6.07, 6.45) is 7.75. The van der Waals surface area contributed by atoms with E-state index in [0.717, 1.165) is 25.7 Å². The first-order valence-corrected chi connectivity index (χ1v) is 5.57. The van der Waals surface area contributed by atoms with Crippen LogP contribution in [-0.2, 0) is 4.79 Å². The van der Waals surface area contributed by atoms with Gasteiger partial charge < -0.3 is 5.11 Å². The van der Waals surface area contributed by atoms with E-state index < -0.39 is 6.10 Å². The van der Waals surface area contributed by atoms with E-state index >= 15 is 0 Å². The van der Waals surface area contributed by atoms with E-state index in [1.807, 2.05) is 0 Å². The average Bonchev–Trinajstić information content (AvgIpc) is 2.26. The first-order chi connectivity index (χ1) is 6.75. The highest BCUT2D eigenvalue weighted by atomic mass is 16.3. The number of hydrogen-bond acceptors (Lipinski definition) is 2. The molecule has 0 aromatic heterocycles. The van der Waals surface area contributed by atoms with Gasteiger partial charge in [0, 0.05) is 6.42 Å². The number of carbonyl (C=O) groups excluding carboxylic acids is 1. The third-order valence-electron chi connectivity index (χ3n) is 3.02. The van der Waals surface area contributed by atoms with Crippen molar-refractivity contribution in [1.82, 2.24) is 0 Å². The second kappa shape index (κ2) is 5.97. The maximum Gasteiger partial charge on any atom is 0.161 e. The quantitative estimate of drug-likeness (QED) is 0.686. The summed E-state index contributed by atoms with van der Waals surface area (Å²) >= 11 is 0. The van der Waals surface area contributed by atoms with Crippen LogP contribution >= 0.6 is 0 Å². The second-order valence-electron chi connectivity index (χ2n) is 4.14. The van der Waals surface area contributed by atoms with Crippen molar-refractivity contribution in [2.75, 3.05) is 0 Å². The molecule has 0 aromatic carbocycles. The molecule has 0 aliphatic heterocycles. The summed E-state index contributed by atoms with van der Waals surface area (Å²) in [6, 6.07) is 0. The number of allylic oxidation sites excluding steroid dienone is 1. The van der Waals surface area contributed by atoms with Crippen LogP contribution in [0.3, 0.4) is 0 Å². The standard InChI is InChI=1S/C12H20O2/c1-2-3-9-11(13)12(14)10-7-5-4-6-8-10/h2,10,12,14H,1,3-9H2. The lowest BCUT2D eigenvalue weighted by atomic mass is 9.83. The molecule has 0 spiro atoms. The lowest BCUT2D eigenvalue weighted by Gasteiger charge is -2.25. The van der Waals surface area contributed by atoms with Gasteiger partial charge in [0.15, 0.2) is 5.78 Å². The fraction of sp³-hybridized carbons (Fsp3) is 0.750. The van der Waals surface area contributed by atoms with E-state index in [4.69, 9.17) is 0 Å². The van der Waals surface area contributed by atoms with Crippen LogP contribution in [0.25, 0.3) is 0 Å². The molecule has 14 heavy (non-hydrogen) atoms. The molecule has 0 heterocycles. The smallest absolute Gasteiger partial charge is 0.161 e. The molecule has 0 aromatic rings. The second-order valence-corrected chi connectivity index (χ2v) is 4.14. The van der Waals surface area contributed by atoms with Crippen molar-refractivity contribution >= 4 is 5.78 Å². The molecule has 0 bridgehead atoms. The van der Waals surface area contributed by atoms with Gasteiger partial charge in [-0.3, -0.25) is 4.79 Å². The van der Waals surface area contributed by atoms with Crippen molar-refractivity contribution < 1.29 is 9.90 Å². The molecule has 1 saturated carbocycles. The molecule has 1 unspecified atom stereocenters. The average molecular weight is 196 g/mol. The molecule has 1 aliphatic carbocycles. The van der Waals surface area contributed by atoms with E-state index in [-0.39, 0.29) is 11.7 Å². The summed E-state index contributed by atoms with van der Waals surface area (Å²) in [5.41, 5.74) is 0. The summed E-state index contributed by atoms with van der Waals surface area (Å²) in [7, 11) is 0. The number of Topliss-reactive ketones (excluding diaryl/α,β-unsaturated/α-hetero) is 1. The maximum absolute atomic E-state index is 11.5. The molecular formula is C12H20O2. The molecule has 2 heteroatoms. The number of ketones is 1. The normalized spacial score (nSPS) is 20.4. The Balaban J connectivity index is 2.33. The van der Waals surface area contributed by atoms with E-state index in [2.05, 4.69) is 6.58 Å². The first kappa shape index (κ1) is 11.4. The molecule has 0 amide bonds. The number of rotatable bonds is 5. The molecule has 2 nitrogen and oxygen atoms in total. The van der Waals surface area contributed by atoms with Gasteiger partial charge in [-0.05, 0) is 25.2 Å². The lowest BCUT2D eigenvalue weighted by molar-refractivity contribution is -0.130. The SMILES string of the molecule is C=CCCC(=O)C(O)C1CCCCC1. The van der Waals surface area contributed by atoms with Crippen molar-refractivity contribution in [3.63, 3.8) is 0 Å². The number of aliphatic hydroxyl groups is 1. The van der Waals surface area contributed by atoms with Crippen molar-refractivity contribution in [1.29, 1.82) is 0 Å². The van der Waals surface area contributed by atoms with Gasteiger partial charge in [0.05, 0.1) is 0 Å². The van der Waals surface area contributed by atoms with Crippen molar-refractivity contribution in [3.8, 4) is 0 Å². The highest BCUT2D eigenvalue weighted by Gasteiger charge is 2.26. The van der Waals surface area contributed by atoms with Crippen LogP contribution in [0.15, 0.2) is 12.7 Å². The molecule has 80 valence electrons. The fourth-order valence-electron chi connectivity index (χ4n) is 2.11. The molecule has 1 aliphatic rings. The van der Waals surface area contributed by atoms with Crippen LogP contribution in [-0.4, -0.2) is 17.0 Å². The predicted molar refractivity (Wildman–Crippen MR) is 57.0 cm³/mol. The molecule has 1 rings (SSSR count). The Labute approximate surface area is 86.0 Å². The van der Waals surface area contributed by atoms with Gasteiger partial charge >= 0.3 is 0 Å². The fourth-order valence-corrected chi connectivity index (χ4v) is 2.11. The summed E-state index contributed by atoms with van der Waals surface area (Å²) < 4.78 is 0. The minimum atomic E-state index is -0.713. The van der Waals surface area contributed by atoms with Crippen molar-refractivity contribution in [2.24, 2.45) is 5.92 Å². The van der Waals surface area contributed by atoms with Crippen LogP contribution in [0.2, 0.25) is 0 Å². The van der Waals surface area contributed by atoms with Gasteiger partial charge in [-0.1, -0.05) is 25.3 Å². The Bertz CT molecular complexity index is 192. The van der Waals surface area contributed by atoms with E-state index in [1.165, 1.54) is 6.42 Å². The minimum absolute atomic E-state index is 0.00296. The topological polar surface area (TPSA) is 37.3 Å². The first-order valence-electron chi connectivity index (χ1n) is 5.57. The third-order valence-corrected chi connectivity index (χ3v) is 3.02. The number of hydrogen-bond donors (Lipinski definition) is 1. The van der Waals surface area contributed by atoms with E-state index in [1.54, 1.807) is 6.08 Å². The van der Waals surface area contributed by atoms with Gasteiger partial charge in [-0.15, -0.1) is 6.58 Å². The van der Waals surface area contributed by atoms with E-state index in [9.17, 15) is 9.90 Å². The number of aliphatic hydroxyl groups excluding tert-OH is 1. The van der Waals surface area contributed by atoms with Crippen LogP contribution < -0.4 is 0 Å². The molecule has 1 N–H and O–H groups in total. The highest BCUT2D eigenvalue weighted by Crippen LogP contribution is 2.27. The van der Waals surface area contributed by atoms with E-state index in [0.29, 0.717) is 12.8 Å². The molecule has 1 atom stereocenters. The lowest BCUT2D eigenvalue weighted by Crippen LogP contribution is -2.30. The monoisotopic (exact) mass is 196 g/mol. The summed E-state index contributed by atoms with van der Waals surface area (Å²) in [6.45, 7) is 3.57. The van der Waals surface area contributed by atoms with Crippen LogP contribution in [0.1, 0.15) is 44.9 Å². The van der Waals surface area contributed by atoms with Gasteiger partial charge in [-0.2, -0.15) is 0 Å². The number of carbonyl (C=O) groups is 1. The molecule has 0 radical (unpaired) electrons. The zero-order valence-electron chi connectivity index (χ0n) is 8.74. The van der Waals surface area contributed by atoms with Gasteiger partial charge in [0.1, 0.15) is 6.10 Å². The summed E-state index contributed by atoms with van der Waals surface area (Å²) in [5, 5.41) is 9.79. The summed E-state index contributed by atoms with van der Waals surface area (Å²) in [5.74, 6) is 0.220. The van der Waals surface area contributed by atoms with Crippen LogP contribution in [0.4, 0.5) is 0 Å². The minimum Gasteiger partial charge on any atom is -0.385 e.